The number of hydrogen-bond donors (Lipinski definition) is 1. The summed E-state index contributed by atoms with van der Waals surface area (Å²) < 4.78 is 0. The molecule has 0 radical (unpaired) electrons. The summed E-state index contributed by atoms with van der Waals surface area (Å²) in [6.45, 7) is 2.18. The number of anilines is 1. The highest BCUT2D eigenvalue weighted by molar-refractivity contribution is 5.39. The van der Waals surface area contributed by atoms with Gasteiger partial charge in [-0.1, -0.05) is 0 Å². The van der Waals surface area contributed by atoms with E-state index in [9.17, 15) is 0 Å². The van der Waals surface area contributed by atoms with E-state index in [0.717, 1.165) is 18.9 Å². The lowest BCUT2D eigenvalue weighted by Crippen LogP contribution is -2.67. The van der Waals surface area contributed by atoms with Gasteiger partial charge in [0.25, 0.3) is 0 Å². The number of fused-ring (bicyclic) bond motifs is 2. The maximum Gasteiger partial charge on any atom is 0.132 e. The van der Waals surface area contributed by atoms with E-state index in [2.05, 4.69) is 20.2 Å². The second-order valence-corrected chi connectivity index (χ2v) is 3.77. The third kappa shape index (κ3) is 1.18. The molecule has 68 valence electrons. The van der Waals surface area contributed by atoms with Crippen molar-refractivity contribution in [3.05, 3.63) is 18.6 Å². The number of nitrogens with one attached hydrogen (secondary N) is 1. The lowest BCUT2D eigenvalue weighted by atomic mass is 9.91. The van der Waals surface area contributed by atoms with Crippen molar-refractivity contribution in [2.45, 2.75) is 18.5 Å². The Morgan fingerprint density at radius 2 is 2.15 bits per heavy atom. The summed E-state index contributed by atoms with van der Waals surface area (Å²) in [6.07, 6.45) is 4.75. The topological polar surface area (TPSA) is 41.0 Å². The standard InChI is InChI=1S/C9H12N4/c1-2-10-6-11-9(1)13-4-7-3-8(5-13)12-7/h1-2,6-8,12H,3-5H2. The highest BCUT2D eigenvalue weighted by Crippen LogP contribution is 2.23. The van der Waals surface area contributed by atoms with Crippen LogP contribution in [0.2, 0.25) is 0 Å². The summed E-state index contributed by atoms with van der Waals surface area (Å²) in [4.78, 5) is 10.5. The SMILES string of the molecule is c1cc(N2CC3CC(C2)N3)ncn1. The van der Waals surface area contributed by atoms with Gasteiger partial charge in [0.05, 0.1) is 0 Å². The molecule has 2 bridgehead atoms. The minimum atomic E-state index is 0.689. The van der Waals surface area contributed by atoms with Gasteiger partial charge in [-0.25, -0.2) is 9.97 Å². The Kier molecular flexibility index (Phi) is 1.49. The van der Waals surface area contributed by atoms with Crippen LogP contribution in [0.25, 0.3) is 0 Å². The zero-order chi connectivity index (χ0) is 8.67. The van der Waals surface area contributed by atoms with E-state index >= 15 is 0 Å². The van der Waals surface area contributed by atoms with Gasteiger partial charge in [-0.05, 0) is 12.5 Å². The van der Waals surface area contributed by atoms with Crippen LogP contribution in [-0.4, -0.2) is 35.1 Å². The first-order valence-electron chi connectivity index (χ1n) is 4.69. The first-order chi connectivity index (χ1) is 6.42. The van der Waals surface area contributed by atoms with Crippen LogP contribution in [0, 0.1) is 0 Å². The monoisotopic (exact) mass is 176 g/mol. The zero-order valence-electron chi connectivity index (χ0n) is 7.35. The quantitative estimate of drug-likeness (QED) is 0.655. The average Bonchev–Trinajstić information content (AvgIpc) is 2.18. The predicted molar refractivity (Wildman–Crippen MR) is 49.6 cm³/mol. The van der Waals surface area contributed by atoms with Crippen LogP contribution in [0.4, 0.5) is 5.82 Å². The first kappa shape index (κ1) is 7.26. The van der Waals surface area contributed by atoms with Gasteiger partial charge >= 0.3 is 0 Å². The van der Waals surface area contributed by atoms with Gasteiger partial charge in [0, 0.05) is 31.4 Å². The van der Waals surface area contributed by atoms with Crippen molar-refractivity contribution >= 4 is 5.82 Å². The molecule has 0 aliphatic carbocycles. The smallest absolute Gasteiger partial charge is 0.132 e. The number of piperidine rings is 1. The Hall–Kier alpha value is -1.16. The fourth-order valence-corrected chi connectivity index (χ4v) is 2.17. The maximum atomic E-state index is 4.24. The molecule has 13 heavy (non-hydrogen) atoms. The van der Waals surface area contributed by atoms with E-state index in [0.29, 0.717) is 12.1 Å². The molecule has 4 heteroatoms. The van der Waals surface area contributed by atoms with Crippen molar-refractivity contribution in [1.82, 2.24) is 15.3 Å². The number of piperazine rings is 1. The molecular formula is C9H12N4. The third-order valence-corrected chi connectivity index (χ3v) is 2.81. The summed E-state index contributed by atoms with van der Waals surface area (Å²) in [5.74, 6) is 1.06. The van der Waals surface area contributed by atoms with Crippen LogP contribution in [0.1, 0.15) is 6.42 Å². The predicted octanol–water partition coefficient (Wildman–Crippen LogP) is 0.0271. The van der Waals surface area contributed by atoms with Crippen LogP contribution in [0.15, 0.2) is 18.6 Å². The number of rotatable bonds is 1. The number of hydrogen-bond acceptors (Lipinski definition) is 4. The number of nitrogens with zero attached hydrogens (tertiary/aromatic N) is 3. The van der Waals surface area contributed by atoms with Crippen molar-refractivity contribution in [3.63, 3.8) is 0 Å². The average molecular weight is 176 g/mol. The molecule has 1 aromatic rings. The van der Waals surface area contributed by atoms with Gasteiger partial charge in [0.1, 0.15) is 12.1 Å². The Labute approximate surface area is 77.0 Å². The lowest BCUT2D eigenvalue weighted by molar-refractivity contribution is 0.225. The first-order valence-corrected chi connectivity index (χ1v) is 4.69. The molecule has 2 atom stereocenters. The van der Waals surface area contributed by atoms with Crippen LogP contribution >= 0.6 is 0 Å². The van der Waals surface area contributed by atoms with Crippen LogP contribution in [0.5, 0.6) is 0 Å². The molecule has 4 nitrogen and oxygen atoms in total. The largest absolute Gasteiger partial charge is 0.353 e. The molecule has 3 aliphatic rings. The van der Waals surface area contributed by atoms with E-state index in [4.69, 9.17) is 0 Å². The molecule has 0 amide bonds. The molecule has 3 aliphatic heterocycles. The highest BCUT2D eigenvalue weighted by Gasteiger charge is 2.36. The third-order valence-electron chi connectivity index (χ3n) is 2.81. The molecule has 4 rings (SSSR count). The Morgan fingerprint density at radius 1 is 1.38 bits per heavy atom. The molecule has 0 saturated carbocycles. The van der Waals surface area contributed by atoms with Crippen molar-refractivity contribution in [2.75, 3.05) is 18.0 Å². The second kappa shape index (κ2) is 2.67. The molecular weight excluding hydrogens is 164 g/mol. The Morgan fingerprint density at radius 3 is 2.77 bits per heavy atom. The molecule has 4 heterocycles. The van der Waals surface area contributed by atoms with Gasteiger partial charge in [-0.2, -0.15) is 0 Å². The zero-order valence-corrected chi connectivity index (χ0v) is 7.35. The van der Waals surface area contributed by atoms with Crippen molar-refractivity contribution in [1.29, 1.82) is 0 Å². The minimum Gasteiger partial charge on any atom is -0.353 e. The Bertz CT molecular complexity index is 284. The minimum absolute atomic E-state index is 0.689. The highest BCUT2D eigenvalue weighted by atomic mass is 15.3. The molecule has 3 saturated heterocycles. The van der Waals surface area contributed by atoms with Gasteiger partial charge in [-0.3, -0.25) is 0 Å². The molecule has 3 fully saturated rings. The summed E-state index contributed by atoms with van der Waals surface area (Å²) in [7, 11) is 0. The van der Waals surface area contributed by atoms with E-state index < -0.39 is 0 Å². The molecule has 1 N–H and O–H groups in total. The van der Waals surface area contributed by atoms with E-state index in [1.54, 1.807) is 12.5 Å². The lowest BCUT2D eigenvalue weighted by Gasteiger charge is -2.48. The van der Waals surface area contributed by atoms with E-state index in [1.807, 2.05) is 6.07 Å². The fraction of sp³-hybridized carbons (Fsp3) is 0.556. The fourth-order valence-electron chi connectivity index (χ4n) is 2.17. The van der Waals surface area contributed by atoms with E-state index in [1.165, 1.54) is 6.42 Å². The molecule has 0 aromatic carbocycles. The molecule has 1 aromatic heterocycles. The maximum absolute atomic E-state index is 4.24. The Balaban J connectivity index is 1.79. The van der Waals surface area contributed by atoms with Crippen molar-refractivity contribution in [2.24, 2.45) is 0 Å². The van der Waals surface area contributed by atoms with Gasteiger partial charge in [0.2, 0.25) is 0 Å². The summed E-state index contributed by atoms with van der Waals surface area (Å²) in [5.41, 5.74) is 0. The summed E-state index contributed by atoms with van der Waals surface area (Å²) >= 11 is 0. The number of aromatic nitrogens is 2. The van der Waals surface area contributed by atoms with Gasteiger partial charge < -0.3 is 10.2 Å². The van der Waals surface area contributed by atoms with Gasteiger partial charge in [-0.15, -0.1) is 0 Å². The van der Waals surface area contributed by atoms with Crippen molar-refractivity contribution < 1.29 is 0 Å². The van der Waals surface area contributed by atoms with E-state index in [-0.39, 0.29) is 0 Å². The van der Waals surface area contributed by atoms with Crippen LogP contribution < -0.4 is 10.2 Å². The summed E-state index contributed by atoms with van der Waals surface area (Å²) in [6, 6.07) is 3.35. The normalized spacial score (nSPS) is 31.2. The summed E-state index contributed by atoms with van der Waals surface area (Å²) in [5, 5.41) is 3.49. The van der Waals surface area contributed by atoms with Crippen molar-refractivity contribution in [3.8, 4) is 0 Å². The van der Waals surface area contributed by atoms with Crippen LogP contribution in [-0.2, 0) is 0 Å². The second-order valence-electron chi connectivity index (χ2n) is 3.77. The molecule has 0 spiro atoms. The van der Waals surface area contributed by atoms with Crippen LogP contribution in [0.3, 0.4) is 0 Å². The van der Waals surface area contributed by atoms with Gasteiger partial charge in [0.15, 0.2) is 0 Å². The molecule has 2 unspecified atom stereocenters.